The second-order valence-electron chi connectivity index (χ2n) is 3.90. The first-order valence-electron chi connectivity index (χ1n) is 5.48. The monoisotopic (exact) mass is 255 g/mol. The average molecular weight is 255 g/mol. The van der Waals surface area contributed by atoms with Crippen LogP contribution in [0.2, 0.25) is 0 Å². The molecular weight excluding hydrogens is 244 g/mol. The highest BCUT2D eigenvalue weighted by Crippen LogP contribution is 2.14. The molecule has 0 bridgehead atoms. The van der Waals surface area contributed by atoms with Gasteiger partial charge in [0.1, 0.15) is 11.0 Å². The van der Waals surface area contributed by atoms with Crippen molar-refractivity contribution >= 4 is 17.0 Å². The summed E-state index contributed by atoms with van der Waals surface area (Å²) in [6.45, 7) is 0.422. The number of rotatable bonds is 5. The molecule has 1 N–H and O–H groups in total. The van der Waals surface area contributed by atoms with E-state index in [-0.39, 0.29) is 17.5 Å². The number of carboxylic acids is 1. The normalized spacial score (nSPS) is 11.0. The number of aryl methyl sites for hydroxylation is 1. The van der Waals surface area contributed by atoms with Gasteiger partial charge in [-0.15, -0.1) is 0 Å². The Balaban J connectivity index is 2.04. The smallest absolute Gasteiger partial charge is 0.303 e. The maximum atomic E-state index is 12.9. The van der Waals surface area contributed by atoms with Crippen LogP contribution in [0.15, 0.2) is 12.1 Å². The minimum Gasteiger partial charge on any atom is -0.481 e. The number of halogens is 2. The third kappa shape index (κ3) is 2.79. The predicted molar refractivity (Wildman–Crippen MR) is 58.9 cm³/mol. The van der Waals surface area contributed by atoms with E-state index < -0.39 is 17.6 Å². The van der Waals surface area contributed by atoms with Crippen molar-refractivity contribution in [2.45, 2.75) is 25.8 Å². The summed E-state index contributed by atoms with van der Waals surface area (Å²) in [6, 6.07) is 1.98. The Kier molecular flexibility index (Phi) is 3.50. The van der Waals surface area contributed by atoms with Crippen molar-refractivity contribution in [3.8, 4) is 0 Å². The molecule has 0 saturated carbocycles. The molecule has 0 aliphatic heterocycles. The molecule has 0 aliphatic carbocycles. The van der Waals surface area contributed by atoms with Crippen LogP contribution in [-0.4, -0.2) is 26.1 Å². The average Bonchev–Trinajstić information content (AvgIpc) is 2.67. The van der Waals surface area contributed by atoms with Crippen LogP contribution in [0, 0.1) is 11.6 Å². The highest BCUT2D eigenvalue weighted by molar-refractivity contribution is 5.73. The van der Waals surface area contributed by atoms with Crippen molar-refractivity contribution < 1.29 is 18.7 Å². The number of hydrogen-bond acceptors (Lipinski definition) is 3. The number of hydrogen-bond donors (Lipinski definition) is 1. The Labute approximate surface area is 101 Å². The molecule has 0 saturated heterocycles. The van der Waals surface area contributed by atoms with Crippen molar-refractivity contribution in [1.29, 1.82) is 0 Å². The standard InChI is InChI=1S/C11H11F2N3O2/c12-7-5-9-10(6-8(7)13)15-16(14-9)4-2-1-3-11(17)18/h5-6H,1-4H2,(H,17,18). The molecule has 1 aromatic carbocycles. The second-order valence-corrected chi connectivity index (χ2v) is 3.90. The van der Waals surface area contributed by atoms with Gasteiger partial charge in [-0.1, -0.05) is 0 Å². The Bertz CT molecular complexity index is 544. The molecule has 0 spiro atoms. The zero-order valence-corrected chi connectivity index (χ0v) is 9.44. The van der Waals surface area contributed by atoms with E-state index in [1.165, 1.54) is 4.80 Å². The topological polar surface area (TPSA) is 68.0 Å². The summed E-state index contributed by atoms with van der Waals surface area (Å²) in [6.07, 6.45) is 1.19. The fourth-order valence-corrected chi connectivity index (χ4v) is 1.59. The first-order valence-corrected chi connectivity index (χ1v) is 5.48. The van der Waals surface area contributed by atoms with Crippen molar-refractivity contribution in [2.24, 2.45) is 0 Å². The lowest BCUT2D eigenvalue weighted by Gasteiger charge is -1.97. The van der Waals surface area contributed by atoms with Gasteiger partial charge in [-0.25, -0.2) is 8.78 Å². The van der Waals surface area contributed by atoms with Gasteiger partial charge in [0.05, 0.1) is 6.54 Å². The third-order valence-corrected chi connectivity index (χ3v) is 2.46. The molecule has 2 aromatic rings. The summed E-state index contributed by atoms with van der Waals surface area (Å²) in [4.78, 5) is 11.6. The van der Waals surface area contributed by atoms with Gasteiger partial charge in [0.15, 0.2) is 11.6 Å². The Hall–Kier alpha value is -2.05. The van der Waals surface area contributed by atoms with E-state index >= 15 is 0 Å². The number of fused-ring (bicyclic) bond motifs is 1. The summed E-state index contributed by atoms with van der Waals surface area (Å²) < 4.78 is 25.9. The van der Waals surface area contributed by atoms with Gasteiger partial charge < -0.3 is 5.11 Å². The number of aromatic nitrogens is 3. The molecule has 1 aromatic heterocycles. The second kappa shape index (κ2) is 5.07. The fourth-order valence-electron chi connectivity index (χ4n) is 1.59. The number of aliphatic carboxylic acids is 1. The number of nitrogens with zero attached hydrogens (tertiary/aromatic N) is 3. The highest BCUT2D eigenvalue weighted by atomic mass is 19.2. The molecule has 1 heterocycles. The van der Waals surface area contributed by atoms with Crippen LogP contribution < -0.4 is 0 Å². The van der Waals surface area contributed by atoms with Crippen molar-refractivity contribution in [3.05, 3.63) is 23.8 Å². The van der Waals surface area contributed by atoms with Gasteiger partial charge in [-0.3, -0.25) is 4.79 Å². The van der Waals surface area contributed by atoms with Gasteiger partial charge >= 0.3 is 5.97 Å². The number of carbonyl (C=O) groups is 1. The van der Waals surface area contributed by atoms with Crippen molar-refractivity contribution in [1.82, 2.24) is 15.0 Å². The van der Waals surface area contributed by atoms with E-state index in [9.17, 15) is 13.6 Å². The maximum Gasteiger partial charge on any atom is 0.303 e. The molecule has 0 radical (unpaired) electrons. The molecule has 0 aliphatic rings. The summed E-state index contributed by atoms with van der Waals surface area (Å²) in [5.74, 6) is -2.77. The van der Waals surface area contributed by atoms with E-state index in [0.717, 1.165) is 12.1 Å². The van der Waals surface area contributed by atoms with E-state index in [0.29, 0.717) is 19.4 Å². The lowest BCUT2D eigenvalue weighted by molar-refractivity contribution is -0.137. The lowest BCUT2D eigenvalue weighted by atomic mass is 10.2. The van der Waals surface area contributed by atoms with Gasteiger partial charge in [0, 0.05) is 18.6 Å². The summed E-state index contributed by atoms with van der Waals surface area (Å²) in [7, 11) is 0. The minimum atomic E-state index is -0.958. The van der Waals surface area contributed by atoms with Crippen molar-refractivity contribution in [3.63, 3.8) is 0 Å². The van der Waals surface area contributed by atoms with E-state index in [1.807, 2.05) is 0 Å². The molecule has 96 valence electrons. The number of carboxylic acid groups (broad SMARTS) is 1. The molecule has 0 fully saturated rings. The van der Waals surface area contributed by atoms with Gasteiger partial charge in [-0.2, -0.15) is 15.0 Å². The molecule has 0 amide bonds. The first-order chi connectivity index (χ1) is 8.56. The molecule has 2 rings (SSSR count). The van der Waals surface area contributed by atoms with Crippen molar-refractivity contribution in [2.75, 3.05) is 0 Å². The van der Waals surface area contributed by atoms with Crippen LogP contribution in [0.25, 0.3) is 11.0 Å². The van der Waals surface area contributed by atoms with Crippen LogP contribution in [0.5, 0.6) is 0 Å². The lowest BCUT2D eigenvalue weighted by Crippen LogP contribution is -2.03. The zero-order chi connectivity index (χ0) is 13.1. The molecular formula is C11H11F2N3O2. The van der Waals surface area contributed by atoms with Gasteiger partial charge in [0.25, 0.3) is 0 Å². The van der Waals surface area contributed by atoms with Crippen LogP contribution in [0.1, 0.15) is 19.3 Å². The van der Waals surface area contributed by atoms with Crippen LogP contribution in [-0.2, 0) is 11.3 Å². The minimum absolute atomic E-state index is 0.0873. The van der Waals surface area contributed by atoms with E-state index in [4.69, 9.17) is 5.11 Å². The van der Waals surface area contributed by atoms with Crippen LogP contribution in [0.3, 0.4) is 0 Å². The maximum absolute atomic E-state index is 12.9. The quantitative estimate of drug-likeness (QED) is 0.829. The summed E-state index contributed by atoms with van der Waals surface area (Å²) in [5.41, 5.74) is 0.569. The third-order valence-electron chi connectivity index (χ3n) is 2.46. The first kappa shape index (κ1) is 12.4. The zero-order valence-electron chi connectivity index (χ0n) is 9.44. The van der Waals surface area contributed by atoms with Crippen LogP contribution in [0.4, 0.5) is 8.78 Å². The van der Waals surface area contributed by atoms with Crippen LogP contribution >= 0.6 is 0 Å². The highest BCUT2D eigenvalue weighted by Gasteiger charge is 2.08. The molecule has 5 nitrogen and oxygen atoms in total. The summed E-state index contributed by atoms with van der Waals surface area (Å²) >= 11 is 0. The molecule has 0 atom stereocenters. The Morgan fingerprint density at radius 1 is 1.17 bits per heavy atom. The van der Waals surface area contributed by atoms with Gasteiger partial charge in [0.2, 0.25) is 0 Å². The van der Waals surface area contributed by atoms with E-state index in [1.54, 1.807) is 0 Å². The Morgan fingerprint density at radius 3 is 2.22 bits per heavy atom. The number of benzene rings is 1. The Morgan fingerprint density at radius 2 is 1.72 bits per heavy atom. The van der Waals surface area contributed by atoms with E-state index in [2.05, 4.69) is 10.2 Å². The molecule has 18 heavy (non-hydrogen) atoms. The summed E-state index contributed by atoms with van der Waals surface area (Å²) in [5, 5.41) is 16.4. The molecule has 7 heteroatoms. The van der Waals surface area contributed by atoms with Gasteiger partial charge in [-0.05, 0) is 12.8 Å². The molecule has 0 unspecified atom stereocenters. The SMILES string of the molecule is O=C(O)CCCCn1nc2cc(F)c(F)cc2n1. The largest absolute Gasteiger partial charge is 0.481 e. The predicted octanol–water partition coefficient (Wildman–Crippen LogP) is 1.96. The number of unbranched alkanes of at least 4 members (excludes halogenated alkanes) is 1. The fraction of sp³-hybridized carbons (Fsp3) is 0.364.